The Labute approximate surface area is 247 Å². The van der Waals surface area contributed by atoms with E-state index in [1.807, 2.05) is 48.9 Å². The van der Waals surface area contributed by atoms with Crippen molar-refractivity contribution >= 4 is 23.3 Å². The molecule has 222 valence electrons. The molecule has 10 heteroatoms. The number of carbonyl (C=O) groups is 1. The van der Waals surface area contributed by atoms with Crippen LogP contribution in [0.5, 0.6) is 0 Å². The van der Waals surface area contributed by atoms with Gasteiger partial charge in [-0.05, 0) is 57.8 Å². The van der Waals surface area contributed by atoms with E-state index in [4.69, 9.17) is 4.74 Å². The lowest BCUT2D eigenvalue weighted by molar-refractivity contribution is -0.384. The lowest BCUT2D eigenvalue weighted by Gasteiger charge is -2.33. The van der Waals surface area contributed by atoms with Crippen LogP contribution in [0.2, 0.25) is 0 Å². The second-order valence-electron chi connectivity index (χ2n) is 11.0. The first kappa shape index (κ1) is 29.3. The Hall–Kier alpha value is -4.18. The van der Waals surface area contributed by atoms with Crippen molar-refractivity contribution in [2.75, 3.05) is 36.4 Å². The van der Waals surface area contributed by atoms with Crippen molar-refractivity contribution in [3.8, 4) is 0 Å². The summed E-state index contributed by atoms with van der Waals surface area (Å²) in [6, 6.07) is 14.0. The third kappa shape index (κ3) is 5.90. The van der Waals surface area contributed by atoms with Crippen molar-refractivity contribution in [1.29, 1.82) is 0 Å². The monoisotopic (exact) mass is 572 g/mol. The van der Waals surface area contributed by atoms with Gasteiger partial charge in [0.1, 0.15) is 6.10 Å². The highest BCUT2D eigenvalue weighted by Gasteiger charge is 2.37. The lowest BCUT2D eigenvalue weighted by atomic mass is 9.94. The van der Waals surface area contributed by atoms with Gasteiger partial charge in [0, 0.05) is 48.7 Å². The van der Waals surface area contributed by atoms with Crippen LogP contribution in [-0.2, 0) is 16.1 Å². The van der Waals surface area contributed by atoms with Crippen LogP contribution in [0.15, 0.2) is 66.0 Å². The summed E-state index contributed by atoms with van der Waals surface area (Å²) in [6.07, 6.45) is 4.84. The number of imidazole rings is 1. The molecule has 0 spiro atoms. The number of piperidine rings is 1. The van der Waals surface area contributed by atoms with Crippen molar-refractivity contribution in [3.63, 3.8) is 0 Å². The summed E-state index contributed by atoms with van der Waals surface area (Å²) in [6.45, 7) is 12.2. The van der Waals surface area contributed by atoms with Crippen LogP contribution in [0.1, 0.15) is 75.9 Å². The molecule has 0 saturated carbocycles. The zero-order valence-corrected chi connectivity index (χ0v) is 24.9. The van der Waals surface area contributed by atoms with E-state index in [1.165, 1.54) is 18.6 Å². The van der Waals surface area contributed by atoms with E-state index >= 15 is 0 Å². The maximum absolute atomic E-state index is 14.1. The molecule has 2 atom stereocenters. The van der Waals surface area contributed by atoms with Gasteiger partial charge in [0.15, 0.2) is 0 Å². The number of hydrogen-bond acceptors (Lipinski definition) is 8. The van der Waals surface area contributed by atoms with E-state index in [0.717, 1.165) is 56.0 Å². The summed E-state index contributed by atoms with van der Waals surface area (Å²) in [5.74, 6) is 0.122. The third-order valence-corrected chi connectivity index (χ3v) is 8.36. The molecule has 3 heterocycles. The molecule has 2 aliphatic rings. The van der Waals surface area contributed by atoms with Crippen LogP contribution in [0.3, 0.4) is 0 Å². The Morgan fingerprint density at radius 2 is 1.88 bits per heavy atom. The van der Waals surface area contributed by atoms with E-state index in [2.05, 4.69) is 40.0 Å². The van der Waals surface area contributed by atoms with Crippen LogP contribution in [0, 0.1) is 10.1 Å². The number of ether oxygens (including phenoxy) is 1. The topological polar surface area (TPSA) is 106 Å². The minimum atomic E-state index is -0.647. The molecule has 0 aliphatic carbocycles. The highest BCUT2D eigenvalue weighted by Crippen LogP contribution is 2.40. The molecular formula is C32H40N6O4. The number of para-hydroxylation sites is 1. The van der Waals surface area contributed by atoms with Crippen molar-refractivity contribution in [2.45, 2.75) is 65.6 Å². The molecule has 2 aromatic carbocycles. The second-order valence-corrected chi connectivity index (χ2v) is 11.0. The first-order valence-corrected chi connectivity index (χ1v) is 14.9. The lowest BCUT2D eigenvalue weighted by Crippen LogP contribution is -2.32. The van der Waals surface area contributed by atoms with Gasteiger partial charge in [-0.15, -0.1) is 0 Å². The van der Waals surface area contributed by atoms with Gasteiger partial charge in [-0.1, -0.05) is 44.2 Å². The maximum Gasteiger partial charge on any atom is 0.338 e. The number of non-ortho nitro benzene ring substituents is 1. The molecule has 0 bridgehead atoms. The number of nitrogens with one attached hydrogen (secondary N) is 1. The van der Waals surface area contributed by atoms with Crippen LogP contribution >= 0.6 is 0 Å². The number of fused-ring (bicyclic) bond motifs is 1. The Kier molecular flexibility index (Phi) is 8.91. The first-order chi connectivity index (χ1) is 20.3. The molecular weight excluding hydrogens is 532 g/mol. The number of nitro groups is 1. The summed E-state index contributed by atoms with van der Waals surface area (Å²) in [5, 5.41) is 15.0. The van der Waals surface area contributed by atoms with E-state index in [1.54, 1.807) is 6.07 Å². The van der Waals surface area contributed by atoms with Crippen molar-refractivity contribution in [1.82, 2.24) is 14.5 Å². The van der Waals surface area contributed by atoms with Gasteiger partial charge in [0.2, 0.25) is 5.95 Å². The number of aromatic nitrogens is 2. The third-order valence-electron chi connectivity index (χ3n) is 8.36. The van der Waals surface area contributed by atoms with Gasteiger partial charge in [0.05, 0.1) is 28.4 Å². The smallest absolute Gasteiger partial charge is 0.338 e. The standard InChI is InChI=1S/C32H40N6O4/c1-5-35(6-2)21-26-20-33-32-34-22(3)29(30(37(26)32)24-13-12-14-25(19-24)38(40)41)31(39)42-23(4)27-15-8-9-16-28(27)36-17-10-7-11-18-36/h8-9,12-16,19-20,23,30H,5-7,10-11,17-18,21H2,1-4H3,(H,33,34). The highest BCUT2D eigenvalue weighted by atomic mass is 16.6. The average Bonchev–Trinajstić information content (AvgIpc) is 3.41. The number of carbonyl (C=O) groups excluding carboxylic acids is 1. The summed E-state index contributed by atoms with van der Waals surface area (Å²) in [4.78, 5) is 34.7. The summed E-state index contributed by atoms with van der Waals surface area (Å²) < 4.78 is 8.20. The van der Waals surface area contributed by atoms with Crippen LogP contribution in [0.4, 0.5) is 17.3 Å². The minimum absolute atomic E-state index is 0.0350. The fourth-order valence-corrected chi connectivity index (χ4v) is 6.07. The predicted octanol–water partition coefficient (Wildman–Crippen LogP) is 6.22. The SMILES string of the molecule is CCN(CC)Cc1cnc2n1C(c1cccc([N+](=O)[O-])c1)C(C(=O)OC(C)c1ccccc1N1CCCCC1)=C(C)N2. The molecule has 1 N–H and O–H groups in total. The largest absolute Gasteiger partial charge is 0.454 e. The Morgan fingerprint density at radius 1 is 1.14 bits per heavy atom. The van der Waals surface area contributed by atoms with Crippen LogP contribution in [-0.4, -0.2) is 51.5 Å². The van der Waals surface area contributed by atoms with E-state index in [9.17, 15) is 14.9 Å². The first-order valence-electron chi connectivity index (χ1n) is 14.9. The van der Waals surface area contributed by atoms with Gasteiger partial charge in [-0.2, -0.15) is 0 Å². The van der Waals surface area contributed by atoms with Crippen LogP contribution < -0.4 is 10.2 Å². The van der Waals surface area contributed by atoms with Gasteiger partial charge >= 0.3 is 5.97 Å². The van der Waals surface area contributed by atoms with Gasteiger partial charge in [-0.3, -0.25) is 15.0 Å². The second kappa shape index (κ2) is 12.8. The number of hydrogen-bond donors (Lipinski definition) is 1. The summed E-state index contributed by atoms with van der Waals surface area (Å²) in [7, 11) is 0. The Morgan fingerprint density at radius 3 is 2.60 bits per heavy atom. The zero-order chi connectivity index (χ0) is 29.8. The molecule has 0 radical (unpaired) electrons. The predicted molar refractivity (Wildman–Crippen MR) is 163 cm³/mol. The number of benzene rings is 2. The van der Waals surface area contributed by atoms with E-state index < -0.39 is 23.0 Å². The quantitative estimate of drug-likeness (QED) is 0.174. The van der Waals surface area contributed by atoms with E-state index in [0.29, 0.717) is 29.3 Å². The maximum atomic E-state index is 14.1. The molecule has 42 heavy (non-hydrogen) atoms. The van der Waals surface area contributed by atoms with E-state index in [-0.39, 0.29) is 5.69 Å². The van der Waals surface area contributed by atoms with Gasteiger partial charge in [-0.25, -0.2) is 9.78 Å². The number of anilines is 2. The number of rotatable bonds is 10. The molecule has 2 unspecified atom stereocenters. The molecule has 5 rings (SSSR count). The van der Waals surface area contributed by atoms with Crippen molar-refractivity contribution < 1.29 is 14.5 Å². The molecule has 1 saturated heterocycles. The van der Waals surface area contributed by atoms with Gasteiger partial charge < -0.3 is 19.5 Å². The highest BCUT2D eigenvalue weighted by molar-refractivity contribution is 5.93. The summed E-state index contributed by atoms with van der Waals surface area (Å²) >= 11 is 0. The number of esters is 1. The molecule has 1 fully saturated rings. The minimum Gasteiger partial charge on any atom is -0.454 e. The Bertz CT molecular complexity index is 1470. The number of nitrogens with zero attached hydrogens (tertiary/aromatic N) is 5. The van der Waals surface area contributed by atoms with Crippen LogP contribution in [0.25, 0.3) is 0 Å². The molecule has 0 amide bonds. The molecule has 2 aliphatic heterocycles. The van der Waals surface area contributed by atoms with Gasteiger partial charge in [0.25, 0.3) is 5.69 Å². The average molecular weight is 573 g/mol. The zero-order valence-electron chi connectivity index (χ0n) is 24.9. The Balaban J connectivity index is 1.53. The van der Waals surface area contributed by atoms with Crippen molar-refractivity contribution in [3.05, 3.63) is 92.9 Å². The fourth-order valence-electron chi connectivity index (χ4n) is 6.07. The number of nitro benzene ring substituents is 1. The normalized spacial score (nSPS) is 17.5. The number of allylic oxidation sites excluding steroid dienone is 1. The summed E-state index contributed by atoms with van der Waals surface area (Å²) in [5.41, 5.74) is 4.57. The molecule has 10 nitrogen and oxygen atoms in total. The van der Waals surface area contributed by atoms with Crippen molar-refractivity contribution in [2.24, 2.45) is 0 Å². The fraction of sp³-hybridized carbons (Fsp3) is 0.438. The molecule has 3 aromatic rings. The molecule has 1 aromatic heterocycles.